The zero-order valence-corrected chi connectivity index (χ0v) is 13.7. The molecule has 122 valence electrons. The molecule has 0 aliphatic carbocycles. The van der Waals surface area contributed by atoms with E-state index in [0.717, 1.165) is 16.5 Å². The third-order valence-corrected chi connectivity index (χ3v) is 4.01. The number of carboxylic acid groups (broad SMARTS) is 1. The normalized spacial score (nSPS) is 12.8. The van der Waals surface area contributed by atoms with Gasteiger partial charge in [-0.1, -0.05) is 24.3 Å². The van der Waals surface area contributed by atoms with E-state index in [1.807, 2.05) is 50.4 Å². The number of hydrogen-bond donors (Lipinski definition) is 2. The summed E-state index contributed by atoms with van der Waals surface area (Å²) in [5.74, 6) is -1.40. The fourth-order valence-corrected chi connectivity index (χ4v) is 2.65. The van der Waals surface area contributed by atoms with Crippen molar-refractivity contribution in [2.24, 2.45) is 0 Å². The van der Waals surface area contributed by atoms with Gasteiger partial charge in [-0.25, -0.2) is 4.79 Å². The summed E-state index contributed by atoms with van der Waals surface area (Å²) >= 11 is 0. The molecule has 2 rings (SSSR count). The first-order chi connectivity index (χ1) is 10.8. The fraction of sp³-hybridized carbons (Fsp3) is 0.333. The number of carbonyl (C=O) groups excluding carboxylic acids is 1. The smallest absolute Gasteiger partial charge is 0.326 e. The predicted octanol–water partition coefficient (Wildman–Crippen LogP) is 2.69. The van der Waals surface area contributed by atoms with E-state index in [1.165, 1.54) is 6.92 Å². The van der Waals surface area contributed by atoms with E-state index in [-0.39, 0.29) is 17.9 Å². The minimum Gasteiger partial charge on any atom is -0.480 e. The number of fused-ring (bicyclic) bond motifs is 1. The highest BCUT2D eigenvalue weighted by atomic mass is 16.4. The number of nitrogens with one attached hydrogen (secondary N) is 1. The number of para-hydroxylation sites is 1. The zero-order chi connectivity index (χ0) is 17.2. The summed E-state index contributed by atoms with van der Waals surface area (Å²) in [6.07, 6.45) is 4.03. The van der Waals surface area contributed by atoms with E-state index < -0.39 is 12.0 Å². The number of rotatable bonds is 6. The summed E-state index contributed by atoms with van der Waals surface area (Å²) in [4.78, 5) is 22.6. The maximum absolute atomic E-state index is 11.4. The minimum absolute atomic E-state index is 0.232. The Balaban J connectivity index is 2.51. The van der Waals surface area contributed by atoms with Gasteiger partial charge < -0.3 is 15.0 Å². The van der Waals surface area contributed by atoms with Crippen molar-refractivity contribution in [3.05, 3.63) is 48.7 Å². The Morgan fingerprint density at radius 3 is 2.61 bits per heavy atom. The molecule has 1 aromatic heterocycles. The van der Waals surface area contributed by atoms with Crippen LogP contribution >= 0.6 is 0 Å². The molecule has 0 radical (unpaired) electrons. The van der Waals surface area contributed by atoms with E-state index in [4.69, 9.17) is 0 Å². The van der Waals surface area contributed by atoms with Crippen LogP contribution in [-0.2, 0) is 21.5 Å². The number of allylic oxidation sites excluding steroid dienone is 1. The molecule has 0 saturated heterocycles. The van der Waals surface area contributed by atoms with Crippen molar-refractivity contribution in [3.63, 3.8) is 0 Å². The van der Waals surface area contributed by atoms with Crippen molar-refractivity contribution in [1.82, 2.24) is 9.88 Å². The number of carboxylic acids is 1. The Hall–Kier alpha value is -2.56. The molecule has 2 aromatic rings. The Morgan fingerprint density at radius 1 is 1.39 bits per heavy atom. The number of hydrogen-bond acceptors (Lipinski definition) is 2. The van der Waals surface area contributed by atoms with Gasteiger partial charge in [0.2, 0.25) is 5.91 Å². The van der Waals surface area contributed by atoms with Crippen LogP contribution in [0, 0.1) is 0 Å². The lowest BCUT2D eigenvalue weighted by molar-refractivity contribution is -0.141. The summed E-state index contributed by atoms with van der Waals surface area (Å²) in [7, 11) is 0. The fourth-order valence-electron chi connectivity index (χ4n) is 2.65. The highest BCUT2D eigenvalue weighted by Crippen LogP contribution is 2.29. The van der Waals surface area contributed by atoms with Gasteiger partial charge in [0.25, 0.3) is 0 Å². The van der Waals surface area contributed by atoms with E-state index >= 15 is 0 Å². The number of carbonyl (C=O) groups is 2. The molecule has 1 atom stereocenters. The third kappa shape index (κ3) is 3.44. The van der Waals surface area contributed by atoms with Crippen LogP contribution in [0.2, 0.25) is 0 Å². The summed E-state index contributed by atoms with van der Waals surface area (Å²) in [6.45, 7) is 9.28. The lowest BCUT2D eigenvalue weighted by Crippen LogP contribution is -2.41. The molecular formula is C18H22N2O3. The van der Waals surface area contributed by atoms with Gasteiger partial charge in [-0.2, -0.15) is 0 Å². The van der Waals surface area contributed by atoms with Crippen LogP contribution in [0.15, 0.2) is 43.1 Å². The van der Waals surface area contributed by atoms with Gasteiger partial charge in [-0.05, 0) is 25.5 Å². The molecule has 23 heavy (non-hydrogen) atoms. The van der Waals surface area contributed by atoms with Crippen LogP contribution < -0.4 is 5.32 Å². The van der Waals surface area contributed by atoms with Crippen LogP contribution in [0.1, 0.15) is 26.3 Å². The molecular weight excluding hydrogens is 292 g/mol. The quantitative estimate of drug-likeness (QED) is 0.805. The van der Waals surface area contributed by atoms with Crippen molar-refractivity contribution >= 4 is 22.8 Å². The zero-order valence-electron chi connectivity index (χ0n) is 13.7. The lowest BCUT2D eigenvalue weighted by Gasteiger charge is -2.23. The Labute approximate surface area is 135 Å². The predicted molar refractivity (Wildman–Crippen MR) is 90.4 cm³/mol. The van der Waals surface area contributed by atoms with Gasteiger partial charge in [0.15, 0.2) is 0 Å². The first-order valence-electron chi connectivity index (χ1n) is 7.49. The van der Waals surface area contributed by atoms with Crippen molar-refractivity contribution < 1.29 is 14.7 Å². The number of aliphatic carboxylic acids is 1. The van der Waals surface area contributed by atoms with Crippen LogP contribution in [0.25, 0.3) is 10.9 Å². The largest absolute Gasteiger partial charge is 0.480 e. The average molecular weight is 314 g/mol. The summed E-state index contributed by atoms with van der Waals surface area (Å²) in [6, 6.07) is 6.89. The second-order valence-electron chi connectivity index (χ2n) is 6.19. The third-order valence-electron chi connectivity index (χ3n) is 4.01. The second kappa shape index (κ2) is 6.28. The van der Waals surface area contributed by atoms with Gasteiger partial charge in [0.1, 0.15) is 6.04 Å². The van der Waals surface area contributed by atoms with Crippen molar-refractivity contribution in [2.45, 2.75) is 38.8 Å². The Bertz CT molecular complexity index is 759. The monoisotopic (exact) mass is 314 g/mol. The molecule has 2 N–H and O–H groups in total. The van der Waals surface area contributed by atoms with E-state index in [0.29, 0.717) is 0 Å². The molecule has 5 nitrogen and oxygen atoms in total. The van der Waals surface area contributed by atoms with Gasteiger partial charge in [0.05, 0.1) is 5.54 Å². The van der Waals surface area contributed by atoms with E-state index in [2.05, 4.69) is 16.5 Å². The van der Waals surface area contributed by atoms with E-state index in [9.17, 15) is 14.7 Å². The molecule has 1 heterocycles. The van der Waals surface area contributed by atoms with Crippen molar-refractivity contribution in [1.29, 1.82) is 0 Å². The number of benzene rings is 1. The molecule has 1 unspecified atom stereocenters. The lowest BCUT2D eigenvalue weighted by atomic mass is 10.1. The number of aromatic nitrogens is 1. The molecule has 0 spiro atoms. The summed E-state index contributed by atoms with van der Waals surface area (Å²) < 4.78 is 2.08. The summed E-state index contributed by atoms with van der Waals surface area (Å²) in [5, 5.41) is 12.8. The maximum atomic E-state index is 11.4. The summed E-state index contributed by atoms with van der Waals surface area (Å²) in [5.41, 5.74) is 1.60. The van der Waals surface area contributed by atoms with E-state index in [1.54, 1.807) is 0 Å². The van der Waals surface area contributed by atoms with Crippen LogP contribution in [0.5, 0.6) is 0 Å². The van der Waals surface area contributed by atoms with Gasteiger partial charge >= 0.3 is 5.97 Å². The molecule has 0 saturated carbocycles. The molecule has 1 amide bonds. The van der Waals surface area contributed by atoms with Crippen LogP contribution in [0.4, 0.5) is 0 Å². The standard InChI is InChI=1S/C18H22N2O3/c1-5-18(3,4)20-11-13(14-8-6-7-9-16(14)20)10-15(17(22)23)19-12(2)21/h5-9,11,15H,1,10H2,2-4H3,(H,19,21)(H,22,23). The molecule has 0 aliphatic heterocycles. The first kappa shape index (κ1) is 16.8. The second-order valence-corrected chi connectivity index (χ2v) is 6.19. The Kier molecular flexibility index (Phi) is 4.59. The highest BCUT2D eigenvalue weighted by molar-refractivity contribution is 5.87. The average Bonchev–Trinajstić information content (AvgIpc) is 2.86. The number of amides is 1. The van der Waals surface area contributed by atoms with Gasteiger partial charge in [-0.15, -0.1) is 6.58 Å². The van der Waals surface area contributed by atoms with Crippen molar-refractivity contribution in [2.75, 3.05) is 0 Å². The topological polar surface area (TPSA) is 71.3 Å². The van der Waals surface area contributed by atoms with Crippen LogP contribution in [0.3, 0.4) is 0 Å². The van der Waals surface area contributed by atoms with Crippen molar-refractivity contribution in [3.8, 4) is 0 Å². The minimum atomic E-state index is -1.04. The van der Waals surface area contributed by atoms with Gasteiger partial charge in [0, 0.05) is 30.4 Å². The van der Waals surface area contributed by atoms with Crippen LogP contribution in [-0.4, -0.2) is 27.6 Å². The van der Waals surface area contributed by atoms with Gasteiger partial charge in [-0.3, -0.25) is 4.79 Å². The first-order valence-corrected chi connectivity index (χ1v) is 7.49. The number of nitrogens with zero attached hydrogens (tertiary/aromatic N) is 1. The molecule has 5 heteroatoms. The molecule has 0 bridgehead atoms. The molecule has 0 fully saturated rings. The highest BCUT2D eigenvalue weighted by Gasteiger charge is 2.24. The Morgan fingerprint density at radius 2 is 2.04 bits per heavy atom. The SMILES string of the molecule is C=CC(C)(C)n1cc(CC(NC(C)=O)C(=O)O)c2ccccc21. The molecule has 0 aliphatic rings. The maximum Gasteiger partial charge on any atom is 0.326 e. The molecule has 1 aromatic carbocycles.